The Labute approximate surface area is 344 Å². The van der Waals surface area contributed by atoms with E-state index in [0.717, 1.165) is 38.5 Å². The summed E-state index contributed by atoms with van der Waals surface area (Å²) in [5.74, 6) is -2.81. The maximum Gasteiger partial charge on any atom is 2.00 e. The summed E-state index contributed by atoms with van der Waals surface area (Å²) in [4.78, 5) is 20.4. The predicted molar refractivity (Wildman–Crippen MR) is 209 cm³/mol. The van der Waals surface area contributed by atoms with Gasteiger partial charge in [-0.3, -0.25) is 0 Å². The van der Waals surface area contributed by atoms with Gasteiger partial charge >= 0.3 is 37.7 Å². The monoisotopic (exact) mass is 792 g/mol. The Morgan fingerprint density at radius 2 is 0.549 bits per heavy atom. The van der Waals surface area contributed by atoms with Crippen LogP contribution in [-0.4, -0.2) is 91.1 Å². The number of carboxylic acids is 2. The zero-order valence-electron chi connectivity index (χ0n) is 32.8. The number of aliphatic carboxylic acids is 2. The second kappa shape index (κ2) is 41.2. The van der Waals surface area contributed by atoms with Crippen molar-refractivity contribution in [1.29, 1.82) is 0 Å². The van der Waals surface area contributed by atoms with E-state index in [-0.39, 0.29) is 49.2 Å². The summed E-state index contributed by atoms with van der Waals surface area (Å²) in [5.41, 5.74) is 0. The molecule has 0 aromatic carbocycles. The minimum Gasteiger partial charge on any atom is -0.549 e. The predicted octanol–water partition coefficient (Wildman–Crippen LogP) is 6.67. The topological polar surface area (TPSA) is 173 Å². The number of carbonyl (C=O) groups excluding carboxylic acids is 2. The molecule has 51 heavy (non-hydrogen) atoms. The third-order valence-electron chi connectivity index (χ3n) is 8.91. The molecule has 0 unspecified atom stereocenters. The summed E-state index contributed by atoms with van der Waals surface area (Å²) in [7, 11) is -6.93. The van der Waals surface area contributed by atoms with E-state index < -0.39 is 45.1 Å². The summed E-state index contributed by atoms with van der Waals surface area (Å²) in [5, 5.41) is 20.4. The molecule has 0 atom stereocenters. The van der Waals surface area contributed by atoms with Crippen molar-refractivity contribution in [2.45, 2.75) is 206 Å². The van der Waals surface area contributed by atoms with Crippen molar-refractivity contribution in [1.82, 2.24) is 9.44 Å². The second-order valence-corrected chi connectivity index (χ2v) is 17.8. The van der Waals surface area contributed by atoms with E-state index in [0.29, 0.717) is 12.8 Å². The summed E-state index contributed by atoms with van der Waals surface area (Å²) in [6, 6.07) is 0. The van der Waals surface area contributed by atoms with Gasteiger partial charge in [-0.05, 0) is 12.8 Å². The van der Waals surface area contributed by atoms with Gasteiger partial charge in [0.05, 0.1) is 36.5 Å². The number of unbranched alkanes of at least 4 members (excludes halogenated alkanes) is 28. The van der Waals surface area contributed by atoms with E-state index in [2.05, 4.69) is 13.8 Å². The molecule has 0 saturated heterocycles. The molecule has 13 heteroatoms. The Morgan fingerprint density at radius 1 is 0.373 bits per heavy atom. The quantitative estimate of drug-likeness (QED) is 0.0515. The Balaban J connectivity index is -0.000000886. The largest absolute Gasteiger partial charge is 2.00 e. The Morgan fingerprint density at radius 3 is 0.725 bits per heavy atom. The molecule has 0 bridgehead atoms. The molecular weight excluding hydrogens is 717 g/mol. The molecule has 0 rings (SSSR count). The van der Waals surface area contributed by atoms with Crippen molar-refractivity contribution < 1.29 is 36.6 Å². The molecule has 10 nitrogen and oxygen atoms in total. The molecule has 0 amide bonds. The molecule has 0 saturated carbocycles. The standard InChI is InChI=1S/2C19H39NO4S.Ca/c2*1-2-3-4-5-6-7-8-9-10-11-12-13-14-15-16-17-25(23,24)20-18-19(21)22;/h2*20H,2-18H2,1H3,(H,21,22);/q;;+2/p-2. The summed E-state index contributed by atoms with van der Waals surface area (Å²) >= 11 is 0. The molecule has 0 aromatic heterocycles. The van der Waals surface area contributed by atoms with Crippen LogP contribution in [-0.2, 0) is 29.6 Å². The van der Waals surface area contributed by atoms with Gasteiger partial charge in [0.15, 0.2) is 0 Å². The molecule has 0 aliphatic heterocycles. The normalized spacial score (nSPS) is 11.5. The number of carbonyl (C=O) groups is 2. The Hall–Kier alpha value is 0.0197. The SMILES string of the molecule is CCCCCCCCCCCCCCCCCS(=O)(=O)NCC(=O)[O-].CCCCCCCCCCCCCCCCCS(=O)(=O)NCC(=O)[O-].[Ca+2]. The molecule has 2 N–H and O–H groups in total. The first-order valence-electron chi connectivity index (χ1n) is 20.3. The van der Waals surface area contributed by atoms with Crippen molar-refractivity contribution in [3.8, 4) is 0 Å². The van der Waals surface area contributed by atoms with Gasteiger partial charge in [0.2, 0.25) is 20.0 Å². The summed E-state index contributed by atoms with van der Waals surface area (Å²) in [6.45, 7) is 3.22. The number of hydrogen-bond acceptors (Lipinski definition) is 8. The number of carboxylic acid groups (broad SMARTS) is 2. The van der Waals surface area contributed by atoms with Crippen LogP contribution in [0.15, 0.2) is 0 Å². The molecule has 0 fully saturated rings. The fourth-order valence-corrected chi connectivity index (χ4v) is 7.94. The van der Waals surface area contributed by atoms with Crippen molar-refractivity contribution in [2.75, 3.05) is 24.6 Å². The van der Waals surface area contributed by atoms with E-state index in [1.54, 1.807) is 0 Å². The van der Waals surface area contributed by atoms with Gasteiger partial charge in [-0.25, -0.2) is 26.3 Å². The number of sulfonamides is 2. The van der Waals surface area contributed by atoms with E-state index in [9.17, 15) is 36.6 Å². The van der Waals surface area contributed by atoms with Gasteiger partial charge in [-0.2, -0.15) is 0 Å². The summed E-state index contributed by atoms with van der Waals surface area (Å²) in [6.07, 6.45) is 36.9. The van der Waals surface area contributed by atoms with E-state index in [1.165, 1.54) is 141 Å². The molecule has 0 radical (unpaired) electrons. The average Bonchev–Trinajstić information content (AvgIpc) is 3.07. The van der Waals surface area contributed by atoms with Gasteiger partial charge in [-0.1, -0.05) is 194 Å². The minimum atomic E-state index is -3.47. The zero-order chi connectivity index (χ0) is 37.6. The number of rotatable bonds is 38. The smallest absolute Gasteiger partial charge is 0.549 e. The van der Waals surface area contributed by atoms with Gasteiger partial charge in [-0.15, -0.1) is 0 Å². The zero-order valence-corrected chi connectivity index (χ0v) is 36.7. The Bertz CT molecular complexity index is 904. The molecule has 0 heterocycles. The maximum atomic E-state index is 11.5. The molecule has 0 aliphatic rings. The van der Waals surface area contributed by atoms with Crippen molar-refractivity contribution >= 4 is 69.7 Å². The molecule has 0 aromatic rings. The Kier molecular flexibility index (Phi) is 44.7. The second-order valence-electron chi connectivity index (χ2n) is 13.9. The molecule has 0 spiro atoms. The van der Waals surface area contributed by atoms with E-state index >= 15 is 0 Å². The van der Waals surface area contributed by atoms with Crippen LogP contribution < -0.4 is 19.7 Å². The van der Waals surface area contributed by atoms with E-state index in [1.807, 2.05) is 9.44 Å². The van der Waals surface area contributed by atoms with Gasteiger partial charge in [0, 0.05) is 0 Å². The fraction of sp³-hybridized carbons (Fsp3) is 0.947. The van der Waals surface area contributed by atoms with Crippen LogP contribution in [0.25, 0.3) is 0 Å². The molecule has 300 valence electrons. The van der Waals surface area contributed by atoms with Crippen LogP contribution in [0, 0.1) is 0 Å². The fourth-order valence-electron chi connectivity index (χ4n) is 5.81. The third kappa shape index (κ3) is 50.0. The van der Waals surface area contributed by atoms with Crippen LogP contribution in [0.4, 0.5) is 0 Å². The third-order valence-corrected chi connectivity index (χ3v) is 11.7. The van der Waals surface area contributed by atoms with Crippen molar-refractivity contribution in [3.63, 3.8) is 0 Å². The maximum absolute atomic E-state index is 11.5. The number of nitrogens with one attached hydrogen (secondary N) is 2. The van der Waals surface area contributed by atoms with Crippen molar-refractivity contribution in [2.24, 2.45) is 0 Å². The van der Waals surface area contributed by atoms with E-state index in [4.69, 9.17) is 0 Å². The van der Waals surface area contributed by atoms with Gasteiger partial charge in [0.25, 0.3) is 0 Å². The first kappa shape index (κ1) is 55.4. The van der Waals surface area contributed by atoms with Crippen LogP contribution in [0.5, 0.6) is 0 Å². The van der Waals surface area contributed by atoms with Crippen LogP contribution in [0.1, 0.15) is 206 Å². The minimum absolute atomic E-state index is 0. The van der Waals surface area contributed by atoms with Crippen LogP contribution in [0.3, 0.4) is 0 Å². The molecular formula is C38H76CaN2O8S2. The molecule has 0 aliphatic carbocycles. The first-order chi connectivity index (χ1) is 24.0. The summed E-state index contributed by atoms with van der Waals surface area (Å²) < 4.78 is 49.9. The van der Waals surface area contributed by atoms with Gasteiger partial charge < -0.3 is 19.8 Å². The van der Waals surface area contributed by atoms with Gasteiger partial charge in [0.1, 0.15) is 0 Å². The average molecular weight is 793 g/mol. The van der Waals surface area contributed by atoms with Crippen LogP contribution >= 0.6 is 0 Å². The first-order valence-corrected chi connectivity index (χ1v) is 23.6. The van der Waals surface area contributed by atoms with Crippen LogP contribution in [0.2, 0.25) is 0 Å². The van der Waals surface area contributed by atoms with Crippen molar-refractivity contribution in [3.05, 3.63) is 0 Å². The number of hydrogen-bond donors (Lipinski definition) is 2.